The first kappa shape index (κ1) is 24.0. The Labute approximate surface area is 193 Å². The number of carboxylic acids is 2. The van der Waals surface area contributed by atoms with Crippen molar-refractivity contribution in [2.75, 3.05) is 0 Å². The molecule has 0 aliphatic rings. The van der Waals surface area contributed by atoms with Crippen LogP contribution in [-0.4, -0.2) is 39.0 Å². The van der Waals surface area contributed by atoms with E-state index in [-0.39, 0.29) is 23.9 Å². The number of fused-ring (bicyclic) bond motifs is 1. The molecule has 0 fully saturated rings. The van der Waals surface area contributed by atoms with E-state index in [4.69, 9.17) is 0 Å². The summed E-state index contributed by atoms with van der Waals surface area (Å²) in [4.78, 5) is 37.7. The molecule has 3 aromatic rings. The minimum absolute atomic E-state index is 0.167. The Hall–Kier alpha value is -3.67. The Kier molecular flexibility index (Phi) is 7.48. The van der Waals surface area contributed by atoms with E-state index in [0.717, 1.165) is 21.9 Å². The van der Waals surface area contributed by atoms with Crippen LogP contribution < -0.4 is 0 Å². The molecular weight excluding hydrogens is 418 g/mol. The molecule has 0 aliphatic carbocycles. The number of hydrogen-bond donors (Lipinski definition) is 2. The van der Waals surface area contributed by atoms with Gasteiger partial charge in [0.1, 0.15) is 6.04 Å². The van der Waals surface area contributed by atoms with Crippen LogP contribution in [-0.2, 0) is 16.1 Å². The highest BCUT2D eigenvalue weighted by Crippen LogP contribution is 2.28. The molecule has 6 heteroatoms. The average Bonchev–Trinajstić information content (AvgIpc) is 2.77. The van der Waals surface area contributed by atoms with Crippen molar-refractivity contribution in [1.82, 2.24) is 4.90 Å². The molecule has 0 aromatic heterocycles. The molecule has 2 N–H and O–H groups in total. The fourth-order valence-corrected chi connectivity index (χ4v) is 4.16. The summed E-state index contributed by atoms with van der Waals surface area (Å²) in [5.41, 5.74) is 2.54. The van der Waals surface area contributed by atoms with E-state index >= 15 is 0 Å². The molecule has 0 heterocycles. The van der Waals surface area contributed by atoms with Crippen LogP contribution in [0.15, 0.2) is 60.7 Å². The van der Waals surface area contributed by atoms with Crippen LogP contribution in [0.3, 0.4) is 0 Å². The van der Waals surface area contributed by atoms with Gasteiger partial charge in [-0.15, -0.1) is 0 Å². The fourth-order valence-electron chi connectivity index (χ4n) is 4.16. The lowest BCUT2D eigenvalue weighted by molar-refractivity contribution is -0.153. The van der Waals surface area contributed by atoms with Gasteiger partial charge in [-0.1, -0.05) is 63.2 Å². The second-order valence-electron chi connectivity index (χ2n) is 8.55. The van der Waals surface area contributed by atoms with Crippen molar-refractivity contribution < 1.29 is 24.6 Å². The number of aliphatic carboxylic acids is 1. The molecule has 6 nitrogen and oxygen atoms in total. The van der Waals surface area contributed by atoms with Crippen LogP contribution >= 0.6 is 0 Å². The maximum atomic E-state index is 12.8. The topological polar surface area (TPSA) is 94.9 Å². The number of amides is 1. The van der Waals surface area contributed by atoms with Gasteiger partial charge in [-0.3, -0.25) is 4.79 Å². The van der Waals surface area contributed by atoms with Crippen LogP contribution in [0.2, 0.25) is 0 Å². The third kappa shape index (κ3) is 5.40. The highest BCUT2D eigenvalue weighted by Gasteiger charge is 2.31. The van der Waals surface area contributed by atoms with Crippen molar-refractivity contribution in [3.05, 3.63) is 71.8 Å². The van der Waals surface area contributed by atoms with E-state index in [9.17, 15) is 24.6 Å². The molecule has 0 spiro atoms. The minimum atomic E-state index is -1.00. The molecule has 3 aromatic carbocycles. The lowest BCUT2D eigenvalue weighted by Gasteiger charge is -2.31. The number of benzene rings is 3. The van der Waals surface area contributed by atoms with Gasteiger partial charge in [-0.05, 0) is 58.0 Å². The van der Waals surface area contributed by atoms with E-state index in [0.29, 0.717) is 18.4 Å². The molecule has 0 bridgehead atoms. The zero-order chi connectivity index (χ0) is 24.1. The minimum Gasteiger partial charge on any atom is -0.480 e. The number of hydrogen-bond acceptors (Lipinski definition) is 3. The summed E-state index contributed by atoms with van der Waals surface area (Å²) < 4.78 is 0. The predicted molar refractivity (Wildman–Crippen MR) is 128 cm³/mol. The highest BCUT2D eigenvalue weighted by molar-refractivity contribution is 5.98. The van der Waals surface area contributed by atoms with Gasteiger partial charge in [0.05, 0.1) is 5.56 Å². The lowest BCUT2D eigenvalue weighted by atomic mass is 9.96. The van der Waals surface area contributed by atoms with Gasteiger partial charge < -0.3 is 15.1 Å². The Bertz CT molecular complexity index is 1180. The van der Waals surface area contributed by atoms with Crippen LogP contribution in [0, 0.1) is 5.92 Å². The molecule has 172 valence electrons. The van der Waals surface area contributed by atoms with E-state index < -0.39 is 18.0 Å². The van der Waals surface area contributed by atoms with Gasteiger partial charge in [0.15, 0.2) is 0 Å². The van der Waals surface area contributed by atoms with Crippen molar-refractivity contribution in [2.24, 2.45) is 5.92 Å². The first-order chi connectivity index (χ1) is 15.7. The fraction of sp³-hybridized carbons (Fsp3) is 0.296. The summed E-state index contributed by atoms with van der Waals surface area (Å²) in [7, 11) is 0. The van der Waals surface area contributed by atoms with Crippen molar-refractivity contribution in [3.63, 3.8) is 0 Å². The van der Waals surface area contributed by atoms with Crippen molar-refractivity contribution >= 4 is 28.6 Å². The quantitative estimate of drug-likeness (QED) is 0.455. The van der Waals surface area contributed by atoms with Gasteiger partial charge in [-0.2, -0.15) is 0 Å². The smallest absolute Gasteiger partial charge is 0.336 e. The van der Waals surface area contributed by atoms with Crippen LogP contribution in [0.1, 0.15) is 49.5 Å². The maximum absolute atomic E-state index is 12.8. The highest BCUT2D eigenvalue weighted by atomic mass is 16.4. The molecule has 0 saturated heterocycles. The molecule has 1 atom stereocenters. The number of aromatic carboxylic acids is 1. The maximum Gasteiger partial charge on any atom is 0.336 e. The summed E-state index contributed by atoms with van der Waals surface area (Å²) in [6.07, 6.45) is 0.953. The zero-order valence-corrected chi connectivity index (χ0v) is 19.1. The van der Waals surface area contributed by atoms with Crippen molar-refractivity contribution in [2.45, 2.75) is 46.2 Å². The second-order valence-corrected chi connectivity index (χ2v) is 8.55. The first-order valence-corrected chi connectivity index (χ1v) is 11.1. The molecule has 33 heavy (non-hydrogen) atoms. The Morgan fingerprint density at radius 1 is 0.909 bits per heavy atom. The monoisotopic (exact) mass is 447 g/mol. The number of rotatable bonds is 9. The Morgan fingerprint density at radius 2 is 1.58 bits per heavy atom. The molecular formula is C27H29NO5. The van der Waals surface area contributed by atoms with E-state index in [2.05, 4.69) is 0 Å². The van der Waals surface area contributed by atoms with Crippen LogP contribution in [0.4, 0.5) is 0 Å². The lowest BCUT2D eigenvalue weighted by Crippen LogP contribution is -2.47. The van der Waals surface area contributed by atoms with Crippen LogP contribution in [0.25, 0.3) is 21.9 Å². The summed E-state index contributed by atoms with van der Waals surface area (Å²) in [6, 6.07) is 17.5. The predicted octanol–water partition coefficient (Wildman–Crippen LogP) is 5.44. The summed E-state index contributed by atoms with van der Waals surface area (Å²) in [5.74, 6) is -2.37. The SMILES string of the molecule is CCCC(=O)N(Cc1ccc2cc(-c3ccccc3C(=O)O)ccc2c1)[C@H](C(=O)O)C(C)C. The first-order valence-electron chi connectivity index (χ1n) is 11.1. The zero-order valence-electron chi connectivity index (χ0n) is 19.1. The van der Waals surface area contributed by atoms with Gasteiger partial charge in [0.2, 0.25) is 5.91 Å². The number of nitrogens with zero attached hydrogens (tertiary/aromatic N) is 1. The van der Waals surface area contributed by atoms with Gasteiger partial charge in [0.25, 0.3) is 0 Å². The summed E-state index contributed by atoms with van der Waals surface area (Å²) in [5, 5.41) is 21.1. The summed E-state index contributed by atoms with van der Waals surface area (Å²) in [6.45, 7) is 5.73. The van der Waals surface area contributed by atoms with E-state index in [1.54, 1.807) is 18.2 Å². The van der Waals surface area contributed by atoms with E-state index in [1.165, 1.54) is 4.90 Å². The van der Waals surface area contributed by atoms with E-state index in [1.807, 2.05) is 63.2 Å². The van der Waals surface area contributed by atoms with Gasteiger partial charge in [0, 0.05) is 13.0 Å². The Morgan fingerprint density at radius 3 is 2.21 bits per heavy atom. The number of carbonyl (C=O) groups excluding carboxylic acids is 1. The Balaban J connectivity index is 1.96. The number of carboxylic acid groups (broad SMARTS) is 2. The van der Waals surface area contributed by atoms with Gasteiger partial charge in [-0.25, -0.2) is 9.59 Å². The van der Waals surface area contributed by atoms with Crippen molar-refractivity contribution in [1.29, 1.82) is 0 Å². The molecule has 0 saturated carbocycles. The standard InChI is InChI=1S/C27H29NO5/c1-4-7-24(29)28(25(17(2)3)27(32)33)16-18-10-11-20-15-21(13-12-19(20)14-18)22-8-5-6-9-23(22)26(30)31/h5-6,8-15,17,25H,4,7,16H2,1-3H3,(H,30,31)(H,32,33)/t25-/m0/s1. The normalized spacial score (nSPS) is 12.0. The largest absolute Gasteiger partial charge is 0.480 e. The molecule has 1 amide bonds. The molecule has 0 unspecified atom stereocenters. The third-order valence-corrected chi connectivity index (χ3v) is 5.73. The summed E-state index contributed by atoms with van der Waals surface area (Å²) >= 11 is 0. The number of carbonyl (C=O) groups is 3. The van der Waals surface area contributed by atoms with Crippen molar-refractivity contribution in [3.8, 4) is 11.1 Å². The van der Waals surface area contributed by atoms with Crippen LogP contribution in [0.5, 0.6) is 0 Å². The van der Waals surface area contributed by atoms with Gasteiger partial charge >= 0.3 is 11.9 Å². The second kappa shape index (κ2) is 10.3. The molecule has 3 rings (SSSR count). The average molecular weight is 448 g/mol. The molecule has 0 radical (unpaired) electrons. The third-order valence-electron chi connectivity index (χ3n) is 5.73. The molecule has 0 aliphatic heterocycles.